The second-order valence-electron chi connectivity index (χ2n) is 4.81. The van der Waals surface area contributed by atoms with Crippen molar-refractivity contribution in [2.24, 2.45) is 0 Å². The summed E-state index contributed by atoms with van der Waals surface area (Å²) in [5.74, 6) is -0.188. The molecule has 0 unspecified atom stereocenters. The van der Waals surface area contributed by atoms with Crippen molar-refractivity contribution in [2.75, 3.05) is 13.2 Å². The third-order valence-corrected chi connectivity index (χ3v) is 3.42. The maximum atomic E-state index is 11.9. The Labute approximate surface area is 140 Å². The van der Waals surface area contributed by atoms with Crippen molar-refractivity contribution in [3.63, 3.8) is 0 Å². The van der Waals surface area contributed by atoms with E-state index < -0.39 is 0 Å². The normalized spacial score (nSPS) is 10.5. The first-order chi connectivity index (χ1) is 10.6. The maximum absolute atomic E-state index is 11.9. The lowest BCUT2D eigenvalue weighted by molar-refractivity contribution is 0.0934. The highest BCUT2D eigenvalue weighted by atomic mass is 35.5. The Morgan fingerprint density at radius 2 is 1.73 bits per heavy atom. The summed E-state index contributed by atoms with van der Waals surface area (Å²) in [7, 11) is 0. The topological polar surface area (TPSA) is 38.3 Å². The first-order valence-electron chi connectivity index (χ1n) is 7.01. The fourth-order valence-corrected chi connectivity index (χ4v) is 2.45. The number of nitrogens with one attached hydrogen (secondary N) is 1. The Hall–Kier alpha value is -1.55. The van der Waals surface area contributed by atoms with E-state index in [1.165, 1.54) is 0 Å². The minimum atomic E-state index is -0.188. The van der Waals surface area contributed by atoms with E-state index in [0.717, 1.165) is 12.0 Å². The summed E-state index contributed by atoms with van der Waals surface area (Å²) in [5.41, 5.74) is 1.60. The van der Waals surface area contributed by atoms with Crippen LogP contribution >= 0.6 is 23.2 Å². The van der Waals surface area contributed by atoms with Gasteiger partial charge >= 0.3 is 0 Å². The van der Waals surface area contributed by atoms with Gasteiger partial charge in [-0.05, 0) is 30.2 Å². The third kappa shape index (κ3) is 5.68. The third-order valence-electron chi connectivity index (χ3n) is 2.99. The minimum Gasteiger partial charge on any atom is -0.377 e. The molecule has 1 N–H and O–H groups in total. The Morgan fingerprint density at radius 1 is 1.05 bits per heavy atom. The Kier molecular flexibility index (Phi) is 6.72. The average Bonchev–Trinajstić information content (AvgIpc) is 2.50. The number of rotatable bonds is 7. The summed E-state index contributed by atoms with van der Waals surface area (Å²) in [5, 5.41) is 3.71. The highest BCUT2D eigenvalue weighted by molar-refractivity contribution is 6.35. The fourth-order valence-electron chi connectivity index (χ4n) is 1.93. The van der Waals surface area contributed by atoms with Gasteiger partial charge in [0.05, 0.1) is 6.61 Å². The van der Waals surface area contributed by atoms with Crippen LogP contribution in [0.3, 0.4) is 0 Å². The van der Waals surface area contributed by atoms with E-state index in [-0.39, 0.29) is 5.91 Å². The summed E-state index contributed by atoms with van der Waals surface area (Å²) in [4.78, 5) is 11.9. The van der Waals surface area contributed by atoms with Crippen molar-refractivity contribution in [1.82, 2.24) is 5.32 Å². The monoisotopic (exact) mass is 337 g/mol. The standard InChI is InChI=1S/C17H17Cl2NO2/c18-15-9-14(10-16(19)11-15)17(21)20-7-4-8-22-12-13-5-2-1-3-6-13/h1-3,5-6,9-11H,4,7-8,12H2,(H,20,21). The zero-order chi connectivity index (χ0) is 15.8. The Bertz CT molecular complexity index is 597. The SMILES string of the molecule is O=C(NCCCOCc1ccccc1)c1cc(Cl)cc(Cl)c1. The van der Waals surface area contributed by atoms with E-state index in [4.69, 9.17) is 27.9 Å². The summed E-state index contributed by atoms with van der Waals surface area (Å²) in [6.45, 7) is 1.71. The van der Waals surface area contributed by atoms with Crippen molar-refractivity contribution in [3.8, 4) is 0 Å². The van der Waals surface area contributed by atoms with Gasteiger partial charge in [0.1, 0.15) is 0 Å². The summed E-state index contributed by atoms with van der Waals surface area (Å²) in [6.07, 6.45) is 0.743. The lowest BCUT2D eigenvalue weighted by Crippen LogP contribution is -2.25. The van der Waals surface area contributed by atoms with Gasteiger partial charge in [-0.1, -0.05) is 53.5 Å². The van der Waals surface area contributed by atoms with Crippen LogP contribution in [0.25, 0.3) is 0 Å². The van der Waals surface area contributed by atoms with Crippen LogP contribution in [0.15, 0.2) is 48.5 Å². The van der Waals surface area contributed by atoms with Crippen LogP contribution in [0.4, 0.5) is 0 Å². The number of amides is 1. The second kappa shape index (κ2) is 8.79. The molecule has 116 valence electrons. The van der Waals surface area contributed by atoms with Gasteiger partial charge in [0.15, 0.2) is 0 Å². The predicted octanol–water partition coefficient (Wildman–Crippen LogP) is 4.33. The number of hydrogen-bond donors (Lipinski definition) is 1. The smallest absolute Gasteiger partial charge is 0.251 e. The first-order valence-corrected chi connectivity index (χ1v) is 7.77. The quantitative estimate of drug-likeness (QED) is 0.763. The lowest BCUT2D eigenvalue weighted by atomic mass is 10.2. The van der Waals surface area contributed by atoms with E-state index >= 15 is 0 Å². The lowest BCUT2D eigenvalue weighted by Gasteiger charge is -2.07. The Morgan fingerprint density at radius 3 is 2.41 bits per heavy atom. The van der Waals surface area contributed by atoms with Gasteiger partial charge in [-0.2, -0.15) is 0 Å². The number of carbonyl (C=O) groups is 1. The van der Waals surface area contributed by atoms with Crippen LogP contribution in [0.2, 0.25) is 10.0 Å². The molecule has 2 aromatic carbocycles. The number of ether oxygens (including phenoxy) is 1. The predicted molar refractivity (Wildman–Crippen MR) is 89.5 cm³/mol. The van der Waals surface area contributed by atoms with E-state index in [9.17, 15) is 4.79 Å². The number of carbonyl (C=O) groups excluding carboxylic acids is 1. The highest BCUT2D eigenvalue weighted by Gasteiger charge is 2.07. The molecule has 0 aliphatic heterocycles. The van der Waals surface area contributed by atoms with Gasteiger partial charge in [0, 0.05) is 28.8 Å². The van der Waals surface area contributed by atoms with Crippen molar-refractivity contribution in [2.45, 2.75) is 13.0 Å². The first kappa shape index (κ1) is 16.8. The molecule has 0 spiro atoms. The van der Waals surface area contributed by atoms with Gasteiger partial charge in [0.25, 0.3) is 5.91 Å². The van der Waals surface area contributed by atoms with Crippen molar-refractivity contribution < 1.29 is 9.53 Å². The van der Waals surface area contributed by atoms with Crippen LogP contribution in [0.1, 0.15) is 22.3 Å². The summed E-state index contributed by atoms with van der Waals surface area (Å²) < 4.78 is 5.55. The average molecular weight is 338 g/mol. The van der Waals surface area contributed by atoms with Crippen molar-refractivity contribution >= 4 is 29.1 Å². The van der Waals surface area contributed by atoms with E-state index in [1.807, 2.05) is 30.3 Å². The van der Waals surface area contributed by atoms with Gasteiger partial charge in [-0.3, -0.25) is 4.79 Å². The molecular weight excluding hydrogens is 321 g/mol. The second-order valence-corrected chi connectivity index (χ2v) is 5.68. The van der Waals surface area contributed by atoms with Gasteiger partial charge in [-0.25, -0.2) is 0 Å². The molecule has 0 saturated heterocycles. The number of hydrogen-bond acceptors (Lipinski definition) is 2. The molecule has 0 heterocycles. The van der Waals surface area contributed by atoms with Crippen LogP contribution in [-0.4, -0.2) is 19.1 Å². The molecule has 0 aliphatic rings. The molecule has 3 nitrogen and oxygen atoms in total. The largest absolute Gasteiger partial charge is 0.377 e. The molecule has 0 atom stereocenters. The Balaban J connectivity index is 1.65. The molecule has 1 amide bonds. The van der Waals surface area contributed by atoms with E-state index in [0.29, 0.717) is 35.4 Å². The molecule has 0 aliphatic carbocycles. The molecule has 0 fully saturated rings. The van der Waals surface area contributed by atoms with Gasteiger partial charge < -0.3 is 10.1 Å². The molecule has 5 heteroatoms. The van der Waals surface area contributed by atoms with Crippen LogP contribution in [-0.2, 0) is 11.3 Å². The summed E-state index contributed by atoms with van der Waals surface area (Å²) in [6, 6.07) is 14.8. The molecule has 2 rings (SSSR count). The highest BCUT2D eigenvalue weighted by Crippen LogP contribution is 2.18. The molecule has 22 heavy (non-hydrogen) atoms. The van der Waals surface area contributed by atoms with Gasteiger partial charge in [-0.15, -0.1) is 0 Å². The van der Waals surface area contributed by atoms with E-state index in [1.54, 1.807) is 18.2 Å². The van der Waals surface area contributed by atoms with Gasteiger partial charge in [0.2, 0.25) is 0 Å². The fraction of sp³-hybridized carbons (Fsp3) is 0.235. The number of benzene rings is 2. The van der Waals surface area contributed by atoms with Crippen molar-refractivity contribution in [3.05, 3.63) is 69.7 Å². The van der Waals surface area contributed by atoms with Crippen LogP contribution in [0, 0.1) is 0 Å². The molecule has 0 bridgehead atoms. The summed E-state index contributed by atoms with van der Waals surface area (Å²) >= 11 is 11.7. The zero-order valence-electron chi connectivity index (χ0n) is 12.0. The zero-order valence-corrected chi connectivity index (χ0v) is 13.5. The maximum Gasteiger partial charge on any atom is 0.251 e. The molecular formula is C17H17Cl2NO2. The molecule has 0 saturated carbocycles. The number of halogens is 2. The molecule has 0 radical (unpaired) electrons. The van der Waals surface area contributed by atoms with Crippen LogP contribution in [0.5, 0.6) is 0 Å². The van der Waals surface area contributed by atoms with Crippen molar-refractivity contribution in [1.29, 1.82) is 0 Å². The van der Waals surface area contributed by atoms with Crippen LogP contribution < -0.4 is 5.32 Å². The van der Waals surface area contributed by atoms with E-state index in [2.05, 4.69) is 5.32 Å². The minimum absolute atomic E-state index is 0.188. The molecule has 0 aromatic heterocycles. The molecule has 2 aromatic rings.